The van der Waals surface area contributed by atoms with Crippen molar-refractivity contribution in [3.05, 3.63) is 0 Å². The predicted molar refractivity (Wildman–Crippen MR) is 73.3 cm³/mol. The van der Waals surface area contributed by atoms with Crippen LogP contribution in [0.2, 0.25) is 0 Å². The van der Waals surface area contributed by atoms with Crippen LogP contribution in [0, 0.1) is 5.92 Å². The fourth-order valence-electron chi connectivity index (χ4n) is 2.69. The molecule has 0 aromatic carbocycles. The van der Waals surface area contributed by atoms with Gasteiger partial charge in [0.1, 0.15) is 0 Å². The first-order valence-corrected chi connectivity index (χ1v) is 7.35. The van der Waals surface area contributed by atoms with Crippen molar-refractivity contribution in [1.82, 2.24) is 15.1 Å². The Morgan fingerprint density at radius 1 is 1.00 bits per heavy atom. The maximum Gasteiger partial charge on any atom is 0.0193 e. The number of hydrogen-bond acceptors (Lipinski definition) is 3. The van der Waals surface area contributed by atoms with Gasteiger partial charge in [-0.3, -0.25) is 9.80 Å². The van der Waals surface area contributed by atoms with Gasteiger partial charge in [0.25, 0.3) is 0 Å². The van der Waals surface area contributed by atoms with Gasteiger partial charge in [0, 0.05) is 44.8 Å². The molecule has 1 atom stereocenters. The largest absolute Gasteiger partial charge is 0.315 e. The van der Waals surface area contributed by atoms with Gasteiger partial charge in [0.15, 0.2) is 0 Å². The van der Waals surface area contributed by atoms with E-state index in [1.54, 1.807) is 0 Å². The van der Waals surface area contributed by atoms with E-state index in [0.29, 0.717) is 6.04 Å². The Hall–Kier alpha value is -0.120. The molecule has 1 aliphatic heterocycles. The summed E-state index contributed by atoms with van der Waals surface area (Å²) >= 11 is 0. The Balaban J connectivity index is 1.61. The van der Waals surface area contributed by atoms with Gasteiger partial charge in [0.2, 0.25) is 0 Å². The van der Waals surface area contributed by atoms with E-state index in [9.17, 15) is 0 Å². The SMILES string of the molecule is CC(C)CNCC(C)N1CCN(C2CC2)CC1. The lowest BCUT2D eigenvalue weighted by atomic mass is 10.2. The quantitative estimate of drug-likeness (QED) is 0.756. The Bertz CT molecular complexity index is 218. The van der Waals surface area contributed by atoms with Gasteiger partial charge in [-0.2, -0.15) is 0 Å². The second-order valence-electron chi connectivity index (χ2n) is 6.20. The minimum absolute atomic E-state index is 0.690. The average Bonchev–Trinajstić information content (AvgIpc) is 3.12. The summed E-state index contributed by atoms with van der Waals surface area (Å²) in [4.78, 5) is 5.33. The van der Waals surface area contributed by atoms with Crippen molar-refractivity contribution in [3.8, 4) is 0 Å². The molecule has 0 aromatic rings. The zero-order chi connectivity index (χ0) is 12.3. The lowest BCUT2D eigenvalue weighted by molar-refractivity contribution is 0.0967. The summed E-state index contributed by atoms with van der Waals surface area (Å²) in [7, 11) is 0. The van der Waals surface area contributed by atoms with E-state index in [0.717, 1.165) is 25.0 Å². The standard InChI is InChI=1S/C14H29N3/c1-12(2)10-15-11-13(3)16-6-8-17(9-7-16)14-4-5-14/h12-15H,4-11H2,1-3H3. The molecule has 1 saturated heterocycles. The number of nitrogens with one attached hydrogen (secondary N) is 1. The summed E-state index contributed by atoms with van der Waals surface area (Å²) in [6.07, 6.45) is 2.90. The van der Waals surface area contributed by atoms with Crippen LogP contribution < -0.4 is 5.32 Å². The van der Waals surface area contributed by atoms with E-state index in [-0.39, 0.29) is 0 Å². The molecule has 17 heavy (non-hydrogen) atoms. The van der Waals surface area contributed by atoms with Crippen LogP contribution in [0.4, 0.5) is 0 Å². The van der Waals surface area contributed by atoms with E-state index in [1.165, 1.54) is 39.0 Å². The van der Waals surface area contributed by atoms with E-state index in [4.69, 9.17) is 0 Å². The van der Waals surface area contributed by atoms with Crippen molar-refractivity contribution in [2.24, 2.45) is 5.92 Å². The lowest BCUT2D eigenvalue weighted by Gasteiger charge is -2.38. The van der Waals surface area contributed by atoms with Crippen LogP contribution in [0.15, 0.2) is 0 Å². The minimum atomic E-state index is 0.690. The van der Waals surface area contributed by atoms with Crippen molar-refractivity contribution < 1.29 is 0 Å². The number of hydrogen-bond donors (Lipinski definition) is 1. The zero-order valence-electron chi connectivity index (χ0n) is 11.8. The molecule has 2 fully saturated rings. The van der Waals surface area contributed by atoms with Gasteiger partial charge >= 0.3 is 0 Å². The lowest BCUT2D eigenvalue weighted by Crippen LogP contribution is -2.52. The highest BCUT2D eigenvalue weighted by atomic mass is 15.3. The Kier molecular flexibility index (Phi) is 4.83. The minimum Gasteiger partial charge on any atom is -0.315 e. The van der Waals surface area contributed by atoms with Crippen LogP contribution in [0.5, 0.6) is 0 Å². The maximum absolute atomic E-state index is 3.57. The summed E-state index contributed by atoms with van der Waals surface area (Å²) < 4.78 is 0. The molecule has 0 aromatic heterocycles. The monoisotopic (exact) mass is 239 g/mol. The second-order valence-corrected chi connectivity index (χ2v) is 6.20. The molecule has 2 rings (SSSR count). The first kappa shape index (κ1) is 13.3. The smallest absolute Gasteiger partial charge is 0.0193 e. The number of piperazine rings is 1. The van der Waals surface area contributed by atoms with Crippen LogP contribution in [0.25, 0.3) is 0 Å². The molecule has 0 spiro atoms. The second kappa shape index (κ2) is 6.17. The Morgan fingerprint density at radius 3 is 2.18 bits per heavy atom. The molecule has 0 radical (unpaired) electrons. The zero-order valence-corrected chi connectivity index (χ0v) is 11.8. The molecule has 3 nitrogen and oxygen atoms in total. The van der Waals surface area contributed by atoms with Crippen molar-refractivity contribution >= 4 is 0 Å². The van der Waals surface area contributed by atoms with Crippen molar-refractivity contribution in [2.45, 2.75) is 45.7 Å². The first-order chi connectivity index (χ1) is 8.16. The van der Waals surface area contributed by atoms with Crippen molar-refractivity contribution in [3.63, 3.8) is 0 Å². The van der Waals surface area contributed by atoms with Gasteiger partial charge in [-0.15, -0.1) is 0 Å². The molecule has 1 unspecified atom stereocenters. The highest BCUT2D eigenvalue weighted by Gasteiger charge is 2.31. The van der Waals surface area contributed by atoms with Crippen LogP contribution in [-0.4, -0.2) is 61.2 Å². The average molecular weight is 239 g/mol. The van der Waals surface area contributed by atoms with Gasteiger partial charge in [-0.1, -0.05) is 13.8 Å². The molecule has 1 N–H and O–H groups in total. The molecule has 0 bridgehead atoms. The van der Waals surface area contributed by atoms with Crippen molar-refractivity contribution in [1.29, 1.82) is 0 Å². The summed E-state index contributed by atoms with van der Waals surface area (Å²) in [5.74, 6) is 0.758. The number of rotatable bonds is 6. The molecule has 2 aliphatic rings. The van der Waals surface area contributed by atoms with Gasteiger partial charge in [-0.25, -0.2) is 0 Å². The molecule has 0 amide bonds. The molecule has 1 heterocycles. The van der Waals surface area contributed by atoms with Crippen LogP contribution in [-0.2, 0) is 0 Å². The first-order valence-electron chi connectivity index (χ1n) is 7.35. The van der Waals surface area contributed by atoms with Gasteiger partial charge in [0.05, 0.1) is 0 Å². The molecule has 3 heteroatoms. The molecule has 100 valence electrons. The molecular formula is C14H29N3. The number of nitrogens with zero attached hydrogens (tertiary/aromatic N) is 2. The fourth-order valence-corrected chi connectivity index (χ4v) is 2.69. The molecule has 1 aliphatic carbocycles. The highest BCUT2D eigenvalue weighted by molar-refractivity contribution is 4.88. The Morgan fingerprint density at radius 2 is 1.65 bits per heavy atom. The van der Waals surface area contributed by atoms with Crippen LogP contribution in [0.3, 0.4) is 0 Å². The third kappa shape index (κ3) is 4.23. The third-order valence-corrected chi connectivity index (χ3v) is 4.03. The van der Waals surface area contributed by atoms with Crippen LogP contribution in [0.1, 0.15) is 33.6 Å². The van der Waals surface area contributed by atoms with Crippen molar-refractivity contribution in [2.75, 3.05) is 39.3 Å². The predicted octanol–water partition coefficient (Wildman–Crippen LogP) is 1.40. The maximum atomic E-state index is 3.57. The van der Waals surface area contributed by atoms with E-state index < -0.39 is 0 Å². The van der Waals surface area contributed by atoms with E-state index >= 15 is 0 Å². The summed E-state index contributed by atoms with van der Waals surface area (Å²) in [6, 6.07) is 1.64. The van der Waals surface area contributed by atoms with Crippen LogP contribution >= 0.6 is 0 Å². The van der Waals surface area contributed by atoms with E-state index in [2.05, 4.69) is 35.9 Å². The van der Waals surface area contributed by atoms with Gasteiger partial charge in [-0.05, 0) is 32.2 Å². The molecular weight excluding hydrogens is 210 g/mol. The summed E-state index contributed by atoms with van der Waals surface area (Å²) in [6.45, 7) is 14.3. The fraction of sp³-hybridized carbons (Fsp3) is 1.00. The normalized spacial score (nSPS) is 25.4. The summed E-state index contributed by atoms with van der Waals surface area (Å²) in [5.41, 5.74) is 0. The summed E-state index contributed by atoms with van der Waals surface area (Å²) in [5, 5.41) is 3.57. The third-order valence-electron chi connectivity index (χ3n) is 4.03. The molecule has 1 saturated carbocycles. The Labute approximate surface area is 107 Å². The highest BCUT2D eigenvalue weighted by Crippen LogP contribution is 2.27. The van der Waals surface area contributed by atoms with E-state index in [1.807, 2.05) is 0 Å². The van der Waals surface area contributed by atoms with Gasteiger partial charge < -0.3 is 5.32 Å². The topological polar surface area (TPSA) is 18.5 Å².